The van der Waals surface area contributed by atoms with Gasteiger partial charge < -0.3 is 10.1 Å². The topological polar surface area (TPSA) is 42.2 Å². The second-order valence-electron chi connectivity index (χ2n) is 6.82. The van der Waals surface area contributed by atoms with Gasteiger partial charge in [-0.1, -0.05) is 30.9 Å². The Morgan fingerprint density at radius 1 is 1.11 bits per heavy atom. The van der Waals surface area contributed by atoms with E-state index < -0.39 is 0 Å². The van der Waals surface area contributed by atoms with E-state index in [1.165, 1.54) is 0 Å². The zero-order valence-corrected chi connectivity index (χ0v) is 16.3. The maximum absolute atomic E-state index is 12.6. The van der Waals surface area contributed by atoms with E-state index in [0.29, 0.717) is 11.3 Å². The van der Waals surface area contributed by atoms with Crippen LogP contribution in [-0.4, -0.2) is 12.0 Å². The number of nitrogens with zero attached hydrogens (tertiary/aromatic N) is 1. The highest BCUT2D eigenvalue weighted by Gasteiger charge is 2.10. The van der Waals surface area contributed by atoms with Crippen LogP contribution in [0.25, 0.3) is 6.08 Å². The van der Waals surface area contributed by atoms with Gasteiger partial charge in [-0.3, -0.25) is 4.79 Å². The molecule has 0 spiro atoms. The highest BCUT2D eigenvalue weighted by Crippen LogP contribution is 2.25. The Kier molecular flexibility index (Phi) is 6.22. The summed E-state index contributed by atoms with van der Waals surface area (Å²) < 4.78 is 7.85. The molecule has 0 aliphatic rings. The molecule has 3 rings (SSSR count). The van der Waals surface area contributed by atoms with Gasteiger partial charge in [0, 0.05) is 34.5 Å². The van der Waals surface area contributed by atoms with Crippen LogP contribution in [0, 0.1) is 0 Å². The first-order chi connectivity index (χ1) is 13.5. The highest BCUT2D eigenvalue weighted by atomic mass is 16.5. The molecule has 1 amide bonds. The molecule has 0 radical (unpaired) electrons. The smallest absolute Gasteiger partial charge is 0.255 e. The number of hydrogen-bond acceptors (Lipinski definition) is 2. The Morgan fingerprint density at radius 3 is 2.46 bits per heavy atom. The fourth-order valence-electron chi connectivity index (χ4n) is 2.86. The molecule has 0 unspecified atom stereocenters. The van der Waals surface area contributed by atoms with Crippen molar-refractivity contribution in [2.75, 3.05) is 5.32 Å². The Morgan fingerprint density at radius 2 is 1.82 bits per heavy atom. The Hall–Kier alpha value is -3.40. The van der Waals surface area contributed by atoms with E-state index >= 15 is 0 Å². The number of hydrogen-bond donors (Lipinski definition) is 1. The summed E-state index contributed by atoms with van der Waals surface area (Å²) in [6, 6.07) is 19.2. The van der Waals surface area contributed by atoms with E-state index in [0.717, 1.165) is 23.4 Å². The first-order valence-corrected chi connectivity index (χ1v) is 9.32. The van der Waals surface area contributed by atoms with Crippen LogP contribution in [0.1, 0.15) is 35.3 Å². The average Bonchev–Trinajstić information content (AvgIpc) is 2.70. The van der Waals surface area contributed by atoms with Crippen LogP contribution in [0.2, 0.25) is 0 Å². The number of ether oxygens (including phenoxy) is 1. The molecular weight excluding hydrogens is 348 g/mol. The molecule has 28 heavy (non-hydrogen) atoms. The van der Waals surface area contributed by atoms with Crippen molar-refractivity contribution in [3.05, 3.63) is 96.3 Å². The van der Waals surface area contributed by atoms with Gasteiger partial charge >= 0.3 is 0 Å². The van der Waals surface area contributed by atoms with Crippen molar-refractivity contribution in [1.82, 2.24) is 0 Å². The maximum atomic E-state index is 12.6. The van der Waals surface area contributed by atoms with E-state index in [2.05, 4.69) is 16.5 Å². The summed E-state index contributed by atoms with van der Waals surface area (Å²) in [4.78, 5) is 12.6. The lowest BCUT2D eigenvalue weighted by atomic mass is 10.1. The van der Waals surface area contributed by atoms with Crippen molar-refractivity contribution in [1.29, 1.82) is 0 Å². The van der Waals surface area contributed by atoms with E-state index in [-0.39, 0.29) is 12.0 Å². The number of benzene rings is 2. The quantitative estimate of drug-likeness (QED) is 0.610. The van der Waals surface area contributed by atoms with Crippen molar-refractivity contribution < 1.29 is 14.1 Å². The van der Waals surface area contributed by atoms with Gasteiger partial charge in [0.2, 0.25) is 0 Å². The Bertz CT molecular complexity index is 948. The molecule has 0 aliphatic heterocycles. The minimum atomic E-state index is -0.147. The molecule has 3 aromatic rings. The van der Waals surface area contributed by atoms with E-state index in [1.54, 1.807) is 6.08 Å². The average molecular weight is 373 g/mol. The zero-order valence-electron chi connectivity index (χ0n) is 16.3. The number of carbonyl (C=O) groups excluding carboxylic acids is 1. The van der Waals surface area contributed by atoms with Crippen molar-refractivity contribution in [3.8, 4) is 5.75 Å². The lowest BCUT2D eigenvalue weighted by Crippen LogP contribution is -2.32. The van der Waals surface area contributed by atoms with Crippen LogP contribution in [-0.2, 0) is 6.54 Å². The number of nitrogens with one attached hydrogen (secondary N) is 1. The maximum Gasteiger partial charge on any atom is 0.255 e. The lowest BCUT2D eigenvalue weighted by Gasteiger charge is -2.14. The molecule has 2 aromatic carbocycles. The van der Waals surface area contributed by atoms with E-state index in [4.69, 9.17) is 4.74 Å². The van der Waals surface area contributed by atoms with Crippen molar-refractivity contribution in [2.24, 2.45) is 0 Å². The minimum Gasteiger partial charge on any atom is -0.490 e. The molecule has 0 aliphatic carbocycles. The van der Waals surface area contributed by atoms with Crippen molar-refractivity contribution >= 4 is 17.7 Å². The first kappa shape index (κ1) is 19.4. The zero-order chi connectivity index (χ0) is 19.9. The SMILES string of the molecule is C=Cc1cc(NC(=O)c2ccc(C[n+]3ccccc3)cc2)ccc1OC(C)C. The summed E-state index contributed by atoms with van der Waals surface area (Å²) in [5.74, 6) is 0.609. The van der Waals surface area contributed by atoms with Crippen molar-refractivity contribution in [3.63, 3.8) is 0 Å². The number of carbonyl (C=O) groups is 1. The van der Waals surface area contributed by atoms with E-state index in [9.17, 15) is 4.79 Å². The van der Waals surface area contributed by atoms with E-state index in [1.807, 2.05) is 86.9 Å². The third kappa shape index (κ3) is 5.07. The predicted octanol–water partition coefficient (Wildman–Crippen LogP) is 4.70. The summed E-state index contributed by atoms with van der Waals surface area (Å²) in [5.41, 5.74) is 3.31. The van der Waals surface area contributed by atoms with Gasteiger partial charge in [0.15, 0.2) is 18.9 Å². The second kappa shape index (κ2) is 9.00. The summed E-state index contributed by atoms with van der Waals surface area (Å²) in [5, 5.41) is 2.94. The molecule has 0 saturated carbocycles. The molecular formula is C24H25N2O2+. The second-order valence-corrected chi connectivity index (χ2v) is 6.82. The Balaban J connectivity index is 1.68. The third-order valence-corrected chi connectivity index (χ3v) is 4.21. The van der Waals surface area contributed by atoms with Gasteiger partial charge in [0.05, 0.1) is 6.10 Å². The summed E-state index contributed by atoms with van der Waals surface area (Å²) in [6.07, 6.45) is 5.84. The van der Waals surface area contributed by atoms with Crippen LogP contribution >= 0.6 is 0 Å². The van der Waals surface area contributed by atoms with Gasteiger partial charge in [-0.25, -0.2) is 4.57 Å². The molecule has 0 bridgehead atoms. The lowest BCUT2D eigenvalue weighted by molar-refractivity contribution is -0.688. The number of anilines is 1. The standard InChI is InChI=1S/C24H24N2O2/c1-4-20-16-22(12-13-23(20)28-18(2)3)25-24(27)21-10-8-19(9-11-21)17-26-14-6-5-7-15-26/h4-16,18H,1,17H2,2-3H3/p+1. The minimum absolute atomic E-state index is 0.0757. The van der Waals surface area contributed by atoms with Crippen LogP contribution in [0.4, 0.5) is 5.69 Å². The van der Waals surface area contributed by atoms with Crippen LogP contribution in [0.3, 0.4) is 0 Å². The number of aromatic nitrogens is 1. The number of amides is 1. The normalized spacial score (nSPS) is 10.5. The molecule has 1 N–H and O–H groups in total. The van der Waals surface area contributed by atoms with Gasteiger partial charge in [-0.15, -0.1) is 0 Å². The Labute approximate surface area is 166 Å². The predicted molar refractivity (Wildman–Crippen MR) is 112 cm³/mol. The van der Waals surface area contributed by atoms with Gasteiger partial charge in [-0.2, -0.15) is 0 Å². The third-order valence-electron chi connectivity index (χ3n) is 4.21. The summed E-state index contributed by atoms with van der Waals surface area (Å²) in [7, 11) is 0. The molecule has 4 nitrogen and oxygen atoms in total. The van der Waals surface area contributed by atoms with Crippen molar-refractivity contribution in [2.45, 2.75) is 26.5 Å². The first-order valence-electron chi connectivity index (χ1n) is 9.32. The van der Waals surface area contributed by atoms with Gasteiger partial charge in [-0.05, 0) is 44.2 Å². The largest absolute Gasteiger partial charge is 0.490 e. The number of rotatable bonds is 7. The van der Waals surface area contributed by atoms with Crippen LogP contribution in [0.15, 0.2) is 79.6 Å². The van der Waals surface area contributed by atoms with Gasteiger partial charge in [0.1, 0.15) is 5.75 Å². The highest BCUT2D eigenvalue weighted by molar-refractivity contribution is 6.04. The fraction of sp³-hybridized carbons (Fsp3) is 0.167. The monoisotopic (exact) mass is 373 g/mol. The van der Waals surface area contributed by atoms with Crippen LogP contribution in [0.5, 0.6) is 5.75 Å². The molecule has 4 heteroatoms. The summed E-state index contributed by atoms with van der Waals surface area (Å²) >= 11 is 0. The molecule has 0 saturated heterocycles. The van der Waals surface area contributed by atoms with Gasteiger partial charge in [0.25, 0.3) is 5.91 Å². The van der Waals surface area contributed by atoms with Crippen LogP contribution < -0.4 is 14.6 Å². The number of pyridine rings is 1. The molecule has 142 valence electrons. The fourth-order valence-corrected chi connectivity index (χ4v) is 2.86. The molecule has 0 fully saturated rings. The molecule has 1 aromatic heterocycles. The molecule has 1 heterocycles. The molecule has 0 atom stereocenters. The summed E-state index contributed by atoms with van der Waals surface area (Å²) in [6.45, 7) is 8.54.